The fourth-order valence-corrected chi connectivity index (χ4v) is 5.09. The van der Waals surface area contributed by atoms with Crippen molar-refractivity contribution >= 4 is 5.57 Å². The smallest absolute Gasteiger partial charge is 0.0582 e. The SMILES string of the molecule is CCC(C)c1ccc(-c2ccc(C3=CC4C(C=C3)C3=CCCC=C3N4C)cc2)cc1. The zero-order valence-electron chi connectivity index (χ0n) is 18.3. The highest BCUT2D eigenvalue weighted by atomic mass is 15.2. The molecule has 0 bridgehead atoms. The molecule has 0 N–H and O–H groups in total. The molecule has 1 fully saturated rings. The molecule has 152 valence electrons. The zero-order chi connectivity index (χ0) is 20.7. The number of hydrogen-bond acceptors (Lipinski definition) is 1. The number of hydrogen-bond donors (Lipinski definition) is 0. The minimum atomic E-state index is 0.438. The first kappa shape index (κ1) is 19.2. The van der Waals surface area contributed by atoms with Crippen molar-refractivity contribution in [1.82, 2.24) is 4.90 Å². The summed E-state index contributed by atoms with van der Waals surface area (Å²) in [6.07, 6.45) is 15.6. The van der Waals surface area contributed by atoms with Crippen LogP contribution in [0.5, 0.6) is 0 Å². The Hall–Kier alpha value is -2.80. The number of likely N-dealkylation sites (tertiary alicyclic amines) is 1. The van der Waals surface area contributed by atoms with Gasteiger partial charge < -0.3 is 4.90 Å². The molecule has 0 radical (unpaired) electrons. The summed E-state index contributed by atoms with van der Waals surface area (Å²) in [6.45, 7) is 4.54. The van der Waals surface area contributed by atoms with Gasteiger partial charge in [-0.05, 0) is 58.6 Å². The monoisotopic (exact) mass is 393 g/mol. The maximum absolute atomic E-state index is 2.46. The molecule has 3 unspecified atom stereocenters. The van der Waals surface area contributed by atoms with Gasteiger partial charge in [0.05, 0.1) is 6.04 Å². The highest BCUT2D eigenvalue weighted by molar-refractivity contribution is 5.78. The first-order valence-corrected chi connectivity index (χ1v) is 11.4. The van der Waals surface area contributed by atoms with Crippen LogP contribution in [0.2, 0.25) is 0 Å². The van der Waals surface area contributed by atoms with Crippen LogP contribution in [-0.4, -0.2) is 18.0 Å². The van der Waals surface area contributed by atoms with Gasteiger partial charge in [0, 0.05) is 18.7 Å². The van der Waals surface area contributed by atoms with Crippen molar-refractivity contribution in [2.24, 2.45) is 5.92 Å². The van der Waals surface area contributed by atoms with Crippen LogP contribution in [0.3, 0.4) is 0 Å². The lowest BCUT2D eigenvalue weighted by Crippen LogP contribution is -2.27. The van der Waals surface area contributed by atoms with Crippen LogP contribution >= 0.6 is 0 Å². The molecule has 0 spiro atoms. The maximum atomic E-state index is 2.46. The van der Waals surface area contributed by atoms with Gasteiger partial charge in [0.1, 0.15) is 0 Å². The Morgan fingerprint density at radius 2 is 1.53 bits per heavy atom. The summed E-state index contributed by atoms with van der Waals surface area (Å²) in [6, 6.07) is 18.6. The molecule has 1 saturated heterocycles. The fourth-order valence-electron chi connectivity index (χ4n) is 5.09. The van der Waals surface area contributed by atoms with Gasteiger partial charge >= 0.3 is 0 Å². The van der Waals surface area contributed by atoms with Gasteiger partial charge in [-0.3, -0.25) is 0 Å². The van der Waals surface area contributed by atoms with E-state index in [1.807, 2.05) is 0 Å². The van der Waals surface area contributed by atoms with Crippen molar-refractivity contribution in [2.75, 3.05) is 7.05 Å². The van der Waals surface area contributed by atoms with E-state index < -0.39 is 0 Å². The second-order valence-electron chi connectivity index (χ2n) is 8.94. The van der Waals surface area contributed by atoms with E-state index >= 15 is 0 Å². The summed E-state index contributed by atoms with van der Waals surface area (Å²) in [7, 11) is 2.25. The van der Waals surface area contributed by atoms with Gasteiger partial charge in [0.15, 0.2) is 0 Å². The van der Waals surface area contributed by atoms with Gasteiger partial charge in [-0.2, -0.15) is 0 Å². The summed E-state index contributed by atoms with van der Waals surface area (Å²) >= 11 is 0. The lowest BCUT2D eigenvalue weighted by molar-refractivity contribution is 0.378. The third-order valence-corrected chi connectivity index (χ3v) is 7.20. The molecular formula is C29H31N. The third kappa shape index (κ3) is 3.27. The van der Waals surface area contributed by atoms with Gasteiger partial charge in [-0.1, -0.05) is 92.8 Å². The number of rotatable bonds is 4. The van der Waals surface area contributed by atoms with Crippen LogP contribution in [0.15, 0.2) is 90.2 Å². The zero-order valence-corrected chi connectivity index (χ0v) is 18.3. The molecule has 1 nitrogen and oxygen atoms in total. The molecule has 30 heavy (non-hydrogen) atoms. The minimum Gasteiger partial charge on any atom is -0.367 e. The molecule has 1 heteroatoms. The van der Waals surface area contributed by atoms with Crippen molar-refractivity contribution in [2.45, 2.75) is 45.1 Å². The fraction of sp³-hybridized carbons (Fsp3) is 0.310. The molecular weight excluding hydrogens is 362 g/mol. The predicted molar refractivity (Wildman–Crippen MR) is 128 cm³/mol. The Labute approximate surface area is 181 Å². The average Bonchev–Trinajstić information content (AvgIpc) is 3.10. The predicted octanol–water partition coefficient (Wildman–Crippen LogP) is 7.35. The quantitative estimate of drug-likeness (QED) is 0.525. The standard InChI is InChI=1S/C29H31N/c1-4-20(2)21-9-11-22(12-10-21)23-13-15-24(16-14-23)25-17-18-27-26-7-5-6-8-28(26)30(3)29(27)19-25/h7-20,27,29H,4-6H2,1-3H3. The number of fused-ring (bicyclic) bond motifs is 3. The summed E-state index contributed by atoms with van der Waals surface area (Å²) < 4.78 is 0. The van der Waals surface area contributed by atoms with E-state index in [2.05, 4.69) is 105 Å². The second kappa shape index (κ2) is 7.80. The molecule has 2 aromatic rings. The maximum Gasteiger partial charge on any atom is 0.0582 e. The van der Waals surface area contributed by atoms with Gasteiger partial charge in [-0.15, -0.1) is 0 Å². The molecule has 0 saturated carbocycles. The molecule has 3 atom stereocenters. The molecule has 5 rings (SSSR count). The molecule has 2 aliphatic carbocycles. The van der Waals surface area contributed by atoms with Crippen LogP contribution in [-0.2, 0) is 0 Å². The largest absolute Gasteiger partial charge is 0.367 e. The second-order valence-corrected chi connectivity index (χ2v) is 8.94. The van der Waals surface area contributed by atoms with Crippen molar-refractivity contribution in [1.29, 1.82) is 0 Å². The van der Waals surface area contributed by atoms with Crippen LogP contribution in [0.4, 0.5) is 0 Å². The van der Waals surface area contributed by atoms with Gasteiger partial charge in [-0.25, -0.2) is 0 Å². The number of nitrogens with zero attached hydrogens (tertiary/aromatic N) is 1. The summed E-state index contributed by atoms with van der Waals surface area (Å²) in [5.74, 6) is 1.13. The van der Waals surface area contributed by atoms with E-state index in [9.17, 15) is 0 Å². The number of allylic oxidation sites excluding steroid dienone is 5. The summed E-state index contributed by atoms with van der Waals surface area (Å²) in [4.78, 5) is 2.46. The first-order chi connectivity index (χ1) is 14.7. The Kier molecular flexibility index (Phi) is 4.98. The van der Waals surface area contributed by atoms with Crippen LogP contribution in [0.1, 0.15) is 50.2 Å². The van der Waals surface area contributed by atoms with Crippen molar-refractivity contribution in [3.63, 3.8) is 0 Å². The van der Waals surface area contributed by atoms with E-state index in [0.29, 0.717) is 17.9 Å². The molecule has 2 aromatic carbocycles. The Balaban J connectivity index is 1.38. The van der Waals surface area contributed by atoms with E-state index in [-0.39, 0.29) is 0 Å². The van der Waals surface area contributed by atoms with Crippen LogP contribution < -0.4 is 0 Å². The van der Waals surface area contributed by atoms with Gasteiger partial charge in [0.2, 0.25) is 0 Å². The summed E-state index contributed by atoms with van der Waals surface area (Å²) in [5, 5.41) is 0. The lowest BCUT2D eigenvalue weighted by atomic mass is 9.85. The third-order valence-electron chi connectivity index (χ3n) is 7.20. The molecule has 0 aromatic heterocycles. The first-order valence-electron chi connectivity index (χ1n) is 11.4. The Bertz CT molecular complexity index is 1050. The molecule has 3 aliphatic rings. The van der Waals surface area contributed by atoms with E-state index in [4.69, 9.17) is 0 Å². The average molecular weight is 394 g/mol. The molecule has 0 amide bonds. The molecule has 1 aliphatic heterocycles. The topological polar surface area (TPSA) is 3.24 Å². The number of benzene rings is 2. The Morgan fingerprint density at radius 3 is 2.23 bits per heavy atom. The highest BCUT2D eigenvalue weighted by Crippen LogP contribution is 2.44. The van der Waals surface area contributed by atoms with Crippen LogP contribution in [0, 0.1) is 5.92 Å². The molecule has 1 heterocycles. The minimum absolute atomic E-state index is 0.438. The highest BCUT2D eigenvalue weighted by Gasteiger charge is 2.38. The summed E-state index contributed by atoms with van der Waals surface area (Å²) in [5.41, 5.74) is 9.60. The van der Waals surface area contributed by atoms with Gasteiger partial charge in [0.25, 0.3) is 0 Å². The van der Waals surface area contributed by atoms with Crippen molar-refractivity contribution in [3.8, 4) is 11.1 Å². The lowest BCUT2D eigenvalue weighted by Gasteiger charge is -2.25. The van der Waals surface area contributed by atoms with E-state index in [1.54, 1.807) is 0 Å². The Morgan fingerprint density at radius 1 is 0.900 bits per heavy atom. The normalized spacial score (nSPS) is 23.3. The van der Waals surface area contributed by atoms with E-state index in [1.165, 1.54) is 58.4 Å². The van der Waals surface area contributed by atoms with Crippen molar-refractivity contribution < 1.29 is 0 Å². The number of likely N-dealkylation sites (N-methyl/N-ethyl adjacent to an activating group) is 1. The van der Waals surface area contributed by atoms with E-state index in [0.717, 1.165) is 0 Å². The van der Waals surface area contributed by atoms with Crippen LogP contribution in [0.25, 0.3) is 16.7 Å². The van der Waals surface area contributed by atoms with Crippen molar-refractivity contribution in [3.05, 3.63) is 101 Å².